The molecule has 2 aliphatic rings. The lowest BCUT2D eigenvalue weighted by molar-refractivity contribution is -0.116. The fourth-order valence-corrected chi connectivity index (χ4v) is 3.66. The number of carbonyl (C=O) groups is 4. The Hall–Kier alpha value is -4.59. The number of carbonyl (C=O) groups excluding carboxylic acids is 4. The number of nitrogens with zero attached hydrogens (tertiary/aromatic N) is 3. The molecule has 0 aromatic heterocycles. The highest BCUT2D eigenvalue weighted by atomic mass is 16.2. The molecule has 0 spiro atoms. The van der Waals surface area contributed by atoms with Gasteiger partial charge >= 0.3 is 0 Å². The molecule has 5 rings (SSSR count). The summed E-state index contributed by atoms with van der Waals surface area (Å²) in [7, 11) is 0. The Morgan fingerprint density at radius 1 is 0.750 bits per heavy atom. The third kappa shape index (κ3) is 3.24. The van der Waals surface area contributed by atoms with Crippen molar-refractivity contribution in [3.8, 4) is 0 Å². The van der Waals surface area contributed by atoms with E-state index >= 15 is 0 Å². The average molecular weight is 424 g/mol. The smallest absolute Gasteiger partial charge is 0.266 e. The maximum absolute atomic E-state index is 12.6. The van der Waals surface area contributed by atoms with Crippen LogP contribution in [0.25, 0.3) is 0 Å². The number of para-hydroxylation sites is 1. The first-order chi connectivity index (χ1) is 15.5. The summed E-state index contributed by atoms with van der Waals surface area (Å²) in [5.41, 5.74) is 2.00. The van der Waals surface area contributed by atoms with E-state index in [-0.39, 0.29) is 18.2 Å². The summed E-state index contributed by atoms with van der Waals surface area (Å²) in [5, 5.41) is 8.10. The van der Waals surface area contributed by atoms with E-state index in [0.717, 1.165) is 4.90 Å². The summed E-state index contributed by atoms with van der Waals surface area (Å²) in [6.45, 7) is 0. The van der Waals surface area contributed by atoms with Gasteiger partial charge in [-0.1, -0.05) is 30.3 Å². The van der Waals surface area contributed by atoms with Crippen LogP contribution in [-0.2, 0) is 4.79 Å². The van der Waals surface area contributed by atoms with Crippen molar-refractivity contribution in [3.63, 3.8) is 0 Å². The molecule has 0 radical (unpaired) electrons. The SMILES string of the molecule is O=C(NC1=NN(c2ccccc2)C(=O)C1)c1ccc(N2C(=O)c3ccccc3C2=O)cc1. The molecule has 4 amide bonds. The minimum Gasteiger partial charge on any atom is -0.308 e. The van der Waals surface area contributed by atoms with E-state index in [1.165, 1.54) is 29.3 Å². The van der Waals surface area contributed by atoms with Gasteiger partial charge in [0, 0.05) is 5.56 Å². The minimum atomic E-state index is -0.444. The van der Waals surface area contributed by atoms with E-state index in [2.05, 4.69) is 10.4 Å². The number of hydrogen-bond donors (Lipinski definition) is 1. The number of hydrazone groups is 1. The molecular formula is C24H16N4O4. The van der Waals surface area contributed by atoms with Crippen molar-refractivity contribution in [2.75, 3.05) is 9.91 Å². The number of amidine groups is 1. The molecule has 156 valence electrons. The number of hydrogen-bond acceptors (Lipinski definition) is 5. The third-order valence-electron chi connectivity index (χ3n) is 5.22. The summed E-state index contributed by atoms with van der Waals surface area (Å²) in [4.78, 5) is 51.2. The van der Waals surface area contributed by atoms with Gasteiger partial charge in [-0.25, -0.2) is 4.90 Å². The van der Waals surface area contributed by atoms with Crippen LogP contribution < -0.4 is 15.2 Å². The molecule has 32 heavy (non-hydrogen) atoms. The lowest BCUT2D eigenvalue weighted by Crippen LogP contribution is -2.30. The Bertz CT molecular complexity index is 1260. The lowest BCUT2D eigenvalue weighted by Gasteiger charge is -2.14. The molecule has 0 saturated heterocycles. The van der Waals surface area contributed by atoms with Crippen molar-refractivity contribution >= 4 is 40.8 Å². The third-order valence-corrected chi connectivity index (χ3v) is 5.22. The zero-order valence-corrected chi connectivity index (χ0v) is 16.7. The molecule has 0 atom stereocenters. The summed E-state index contributed by atoms with van der Waals surface area (Å²) < 4.78 is 0. The van der Waals surface area contributed by atoms with Crippen LogP contribution in [0, 0.1) is 0 Å². The van der Waals surface area contributed by atoms with Gasteiger partial charge in [0.2, 0.25) is 0 Å². The van der Waals surface area contributed by atoms with Gasteiger partial charge in [0.1, 0.15) is 5.84 Å². The second-order valence-electron chi connectivity index (χ2n) is 7.26. The average Bonchev–Trinajstić information content (AvgIpc) is 3.31. The van der Waals surface area contributed by atoms with Crippen LogP contribution in [0.4, 0.5) is 11.4 Å². The van der Waals surface area contributed by atoms with Gasteiger partial charge in [-0.15, -0.1) is 0 Å². The van der Waals surface area contributed by atoms with Crippen LogP contribution in [0.2, 0.25) is 0 Å². The number of fused-ring (bicyclic) bond motifs is 1. The molecule has 0 fully saturated rings. The van der Waals surface area contributed by atoms with E-state index in [9.17, 15) is 19.2 Å². The molecule has 0 bridgehead atoms. The molecule has 2 heterocycles. The van der Waals surface area contributed by atoms with Gasteiger partial charge in [0.25, 0.3) is 23.6 Å². The zero-order chi connectivity index (χ0) is 22.2. The van der Waals surface area contributed by atoms with Gasteiger partial charge in [-0.3, -0.25) is 19.2 Å². The topological polar surface area (TPSA) is 99.2 Å². The van der Waals surface area contributed by atoms with E-state index < -0.39 is 17.7 Å². The quantitative estimate of drug-likeness (QED) is 0.654. The Balaban J connectivity index is 1.31. The molecule has 8 nitrogen and oxygen atoms in total. The minimum absolute atomic E-state index is 0.0201. The number of rotatable bonds is 3. The Morgan fingerprint density at radius 3 is 1.97 bits per heavy atom. The number of anilines is 2. The standard InChI is InChI=1S/C24H16N4O4/c29-21-14-20(26-28(21)17-6-2-1-3-7-17)25-22(30)15-10-12-16(13-11-15)27-23(31)18-8-4-5-9-19(18)24(27)32/h1-13H,14H2,(H,25,26,30). The van der Waals surface area contributed by atoms with Crippen molar-refractivity contribution in [1.82, 2.24) is 5.32 Å². The number of amides is 4. The van der Waals surface area contributed by atoms with Crippen LogP contribution >= 0.6 is 0 Å². The molecule has 8 heteroatoms. The van der Waals surface area contributed by atoms with Gasteiger partial charge < -0.3 is 5.32 Å². The summed E-state index contributed by atoms with van der Waals surface area (Å²) in [6, 6.07) is 21.7. The Morgan fingerprint density at radius 2 is 1.34 bits per heavy atom. The molecule has 0 aliphatic carbocycles. The molecule has 3 aromatic carbocycles. The largest absolute Gasteiger partial charge is 0.308 e. The number of nitrogens with one attached hydrogen (secondary N) is 1. The lowest BCUT2D eigenvalue weighted by atomic mass is 10.1. The first-order valence-corrected chi connectivity index (χ1v) is 9.87. The van der Waals surface area contributed by atoms with Crippen molar-refractivity contribution in [2.24, 2.45) is 5.10 Å². The molecule has 0 saturated carbocycles. The summed E-state index contributed by atoms with van der Waals surface area (Å²) in [5.74, 6) is -1.24. The second-order valence-corrected chi connectivity index (χ2v) is 7.26. The van der Waals surface area contributed by atoms with E-state index in [0.29, 0.717) is 28.1 Å². The predicted octanol–water partition coefficient (Wildman–Crippen LogP) is 2.97. The van der Waals surface area contributed by atoms with Crippen molar-refractivity contribution < 1.29 is 19.2 Å². The van der Waals surface area contributed by atoms with Crippen LogP contribution in [0.5, 0.6) is 0 Å². The highest BCUT2D eigenvalue weighted by molar-refractivity contribution is 6.34. The highest BCUT2D eigenvalue weighted by Gasteiger charge is 2.36. The molecule has 0 unspecified atom stereocenters. The molecule has 2 aliphatic heterocycles. The fourth-order valence-electron chi connectivity index (χ4n) is 3.66. The monoisotopic (exact) mass is 424 g/mol. The molecular weight excluding hydrogens is 408 g/mol. The van der Waals surface area contributed by atoms with Gasteiger partial charge in [-0.05, 0) is 48.5 Å². The summed E-state index contributed by atoms with van der Waals surface area (Å²) >= 11 is 0. The van der Waals surface area contributed by atoms with E-state index in [1.807, 2.05) is 6.07 Å². The normalized spacial score (nSPS) is 15.1. The van der Waals surface area contributed by atoms with E-state index in [1.54, 1.807) is 48.5 Å². The predicted molar refractivity (Wildman–Crippen MR) is 117 cm³/mol. The van der Waals surface area contributed by atoms with Crippen LogP contribution in [0.1, 0.15) is 37.5 Å². The Kier molecular flexibility index (Phi) is 4.59. The first-order valence-electron chi connectivity index (χ1n) is 9.87. The maximum Gasteiger partial charge on any atom is 0.266 e. The van der Waals surface area contributed by atoms with Crippen LogP contribution in [0.15, 0.2) is 84.0 Å². The highest BCUT2D eigenvalue weighted by Crippen LogP contribution is 2.28. The van der Waals surface area contributed by atoms with Gasteiger partial charge in [0.05, 0.1) is 28.9 Å². The van der Waals surface area contributed by atoms with Gasteiger partial charge in [-0.2, -0.15) is 10.1 Å². The zero-order valence-electron chi connectivity index (χ0n) is 16.7. The molecule has 3 aromatic rings. The number of imide groups is 1. The van der Waals surface area contributed by atoms with Crippen LogP contribution in [-0.4, -0.2) is 29.5 Å². The second kappa shape index (κ2) is 7.59. The summed E-state index contributed by atoms with van der Waals surface area (Å²) in [6.07, 6.45) is -0.0201. The van der Waals surface area contributed by atoms with Crippen molar-refractivity contribution in [2.45, 2.75) is 6.42 Å². The maximum atomic E-state index is 12.6. The molecule has 1 N–H and O–H groups in total. The van der Waals surface area contributed by atoms with E-state index in [4.69, 9.17) is 0 Å². The number of benzene rings is 3. The van der Waals surface area contributed by atoms with Crippen molar-refractivity contribution in [1.29, 1.82) is 0 Å². The fraction of sp³-hybridized carbons (Fsp3) is 0.0417. The Labute approximate surface area is 182 Å². The van der Waals surface area contributed by atoms with Crippen molar-refractivity contribution in [3.05, 3.63) is 95.6 Å². The van der Waals surface area contributed by atoms with Gasteiger partial charge in [0.15, 0.2) is 0 Å². The first kappa shape index (κ1) is 19.4. The van der Waals surface area contributed by atoms with Crippen LogP contribution in [0.3, 0.4) is 0 Å².